The van der Waals surface area contributed by atoms with E-state index in [0.29, 0.717) is 0 Å². The number of fused-ring (bicyclic) bond motifs is 1. The highest BCUT2D eigenvalue weighted by Gasteiger charge is 2.17. The molecule has 0 saturated heterocycles. The van der Waals surface area contributed by atoms with Crippen molar-refractivity contribution in [2.24, 2.45) is 0 Å². The molecule has 3 N–H and O–H groups in total. The van der Waals surface area contributed by atoms with Gasteiger partial charge in [-0.15, -0.1) is 0 Å². The molecule has 0 spiro atoms. The molecule has 0 saturated carbocycles. The van der Waals surface area contributed by atoms with E-state index in [1.807, 2.05) is 24.3 Å². The van der Waals surface area contributed by atoms with Crippen molar-refractivity contribution in [1.29, 1.82) is 0 Å². The molecule has 0 fully saturated rings. The van der Waals surface area contributed by atoms with Crippen LogP contribution >= 0.6 is 0 Å². The van der Waals surface area contributed by atoms with Crippen molar-refractivity contribution < 1.29 is 10.2 Å². The predicted octanol–water partition coefficient (Wildman–Crippen LogP) is 5.87. The van der Waals surface area contributed by atoms with E-state index < -0.39 is 0 Å². The molecule has 130 valence electrons. The number of benzene rings is 3. The van der Waals surface area contributed by atoms with Crippen molar-refractivity contribution >= 4 is 10.9 Å². The van der Waals surface area contributed by atoms with Crippen LogP contribution in [-0.2, 0) is 6.42 Å². The molecular formula is C23H21NO2. The summed E-state index contributed by atoms with van der Waals surface area (Å²) < 4.78 is 0. The number of aromatic nitrogens is 1. The van der Waals surface area contributed by atoms with Gasteiger partial charge in [0, 0.05) is 16.5 Å². The van der Waals surface area contributed by atoms with E-state index in [1.165, 1.54) is 10.9 Å². The second-order valence-electron chi connectivity index (χ2n) is 6.56. The molecule has 0 unspecified atom stereocenters. The summed E-state index contributed by atoms with van der Waals surface area (Å²) in [4.78, 5) is 3.62. The molecule has 4 aromatic rings. The smallest absolute Gasteiger partial charge is 0.115 e. The lowest BCUT2D eigenvalue weighted by atomic mass is 9.97. The number of nitrogens with one attached hydrogen (secondary N) is 1. The first-order valence-corrected chi connectivity index (χ1v) is 8.89. The van der Waals surface area contributed by atoms with Gasteiger partial charge in [0.2, 0.25) is 0 Å². The molecule has 0 radical (unpaired) electrons. The molecule has 3 aromatic carbocycles. The molecule has 3 heteroatoms. The number of hydrogen-bond donors (Lipinski definition) is 3. The van der Waals surface area contributed by atoms with Gasteiger partial charge in [-0.3, -0.25) is 0 Å². The molecule has 26 heavy (non-hydrogen) atoms. The lowest BCUT2D eigenvalue weighted by Gasteiger charge is -2.06. The Morgan fingerprint density at radius 2 is 1.38 bits per heavy atom. The Labute approximate surface area is 152 Å². The molecule has 4 rings (SSSR count). The van der Waals surface area contributed by atoms with Gasteiger partial charge in [-0.2, -0.15) is 0 Å². The summed E-state index contributed by atoms with van der Waals surface area (Å²) in [6.07, 6.45) is 2.10. The van der Waals surface area contributed by atoms with Crippen LogP contribution in [0.1, 0.15) is 18.9 Å². The van der Waals surface area contributed by atoms with Crippen molar-refractivity contribution in [1.82, 2.24) is 4.98 Å². The molecule has 0 bridgehead atoms. The zero-order valence-electron chi connectivity index (χ0n) is 14.7. The number of rotatable bonds is 4. The standard InChI is InChI=1S/C23H21NO2/c1-2-4-16-5-3-6-20-21(15-7-11-18(25)12-8-15)23(24-22(16)20)17-9-13-19(26)14-10-17/h3,5-14,24-26H,2,4H2,1H3. The Balaban J connectivity index is 2.02. The summed E-state index contributed by atoms with van der Waals surface area (Å²) in [7, 11) is 0. The highest BCUT2D eigenvalue weighted by molar-refractivity contribution is 6.05. The zero-order valence-corrected chi connectivity index (χ0v) is 14.7. The van der Waals surface area contributed by atoms with Crippen LogP contribution in [0.4, 0.5) is 0 Å². The topological polar surface area (TPSA) is 56.2 Å². The Kier molecular flexibility index (Phi) is 4.13. The number of phenolic OH excluding ortho intramolecular Hbond substituents is 2. The fourth-order valence-electron chi connectivity index (χ4n) is 3.53. The van der Waals surface area contributed by atoms with E-state index in [1.54, 1.807) is 24.3 Å². The largest absolute Gasteiger partial charge is 0.508 e. The molecule has 0 aliphatic carbocycles. The average Bonchev–Trinajstić information content (AvgIpc) is 3.04. The van der Waals surface area contributed by atoms with Crippen LogP contribution < -0.4 is 0 Å². The summed E-state index contributed by atoms with van der Waals surface area (Å²) >= 11 is 0. The summed E-state index contributed by atoms with van der Waals surface area (Å²) in [5.74, 6) is 0.508. The molecule has 0 aliphatic heterocycles. The van der Waals surface area contributed by atoms with Crippen molar-refractivity contribution in [3.8, 4) is 33.9 Å². The number of phenols is 2. The van der Waals surface area contributed by atoms with E-state index in [4.69, 9.17) is 0 Å². The van der Waals surface area contributed by atoms with E-state index in [2.05, 4.69) is 30.1 Å². The van der Waals surface area contributed by atoms with Crippen LogP contribution in [-0.4, -0.2) is 15.2 Å². The second kappa shape index (κ2) is 6.60. The Bertz CT molecular complexity index is 1040. The summed E-state index contributed by atoms with van der Waals surface area (Å²) in [5.41, 5.74) is 6.66. The highest BCUT2D eigenvalue weighted by Crippen LogP contribution is 2.40. The first-order chi connectivity index (χ1) is 12.7. The minimum Gasteiger partial charge on any atom is -0.508 e. The average molecular weight is 343 g/mol. The number of aromatic hydroxyl groups is 2. The molecule has 0 amide bonds. The minimum absolute atomic E-state index is 0.253. The Hall–Kier alpha value is -3.20. The van der Waals surface area contributed by atoms with Crippen molar-refractivity contribution in [3.05, 3.63) is 72.3 Å². The van der Waals surface area contributed by atoms with E-state index >= 15 is 0 Å². The van der Waals surface area contributed by atoms with Gasteiger partial charge in [0.1, 0.15) is 11.5 Å². The van der Waals surface area contributed by atoms with E-state index in [0.717, 1.165) is 40.7 Å². The van der Waals surface area contributed by atoms with Crippen LogP contribution in [0, 0.1) is 0 Å². The van der Waals surface area contributed by atoms with Gasteiger partial charge in [0.15, 0.2) is 0 Å². The molecule has 0 aliphatic rings. The van der Waals surface area contributed by atoms with Crippen LogP contribution in [0.25, 0.3) is 33.3 Å². The zero-order chi connectivity index (χ0) is 18.1. The maximum Gasteiger partial charge on any atom is 0.115 e. The summed E-state index contributed by atoms with van der Waals surface area (Å²) in [6, 6.07) is 21.0. The van der Waals surface area contributed by atoms with E-state index in [-0.39, 0.29) is 11.5 Å². The molecule has 1 heterocycles. The number of aryl methyl sites for hydroxylation is 1. The van der Waals surface area contributed by atoms with Crippen molar-refractivity contribution in [2.45, 2.75) is 19.8 Å². The molecule has 3 nitrogen and oxygen atoms in total. The number of H-pyrrole nitrogens is 1. The molecule has 0 atom stereocenters. The van der Waals surface area contributed by atoms with Gasteiger partial charge < -0.3 is 15.2 Å². The van der Waals surface area contributed by atoms with Gasteiger partial charge in [0.25, 0.3) is 0 Å². The SMILES string of the molecule is CCCc1cccc2c(-c3ccc(O)cc3)c(-c3ccc(O)cc3)[nH]c12. The Morgan fingerprint density at radius 1 is 0.769 bits per heavy atom. The third-order valence-corrected chi connectivity index (χ3v) is 4.75. The number of aromatic amines is 1. The van der Waals surface area contributed by atoms with Crippen LogP contribution in [0.15, 0.2) is 66.7 Å². The van der Waals surface area contributed by atoms with E-state index in [9.17, 15) is 10.2 Å². The maximum absolute atomic E-state index is 9.66. The summed E-state index contributed by atoms with van der Waals surface area (Å²) in [6.45, 7) is 2.18. The normalized spacial score (nSPS) is 11.1. The highest BCUT2D eigenvalue weighted by atomic mass is 16.3. The van der Waals surface area contributed by atoms with Crippen LogP contribution in [0.3, 0.4) is 0 Å². The van der Waals surface area contributed by atoms with Gasteiger partial charge in [0.05, 0.1) is 5.69 Å². The molecule has 1 aromatic heterocycles. The van der Waals surface area contributed by atoms with Crippen LogP contribution in [0.5, 0.6) is 11.5 Å². The van der Waals surface area contributed by atoms with Crippen LogP contribution in [0.2, 0.25) is 0 Å². The second-order valence-corrected chi connectivity index (χ2v) is 6.56. The first-order valence-electron chi connectivity index (χ1n) is 8.89. The fourth-order valence-corrected chi connectivity index (χ4v) is 3.53. The van der Waals surface area contributed by atoms with Gasteiger partial charge in [-0.25, -0.2) is 0 Å². The fraction of sp³-hybridized carbons (Fsp3) is 0.130. The third-order valence-electron chi connectivity index (χ3n) is 4.75. The molecular weight excluding hydrogens is 322 g/mol. The first kappa shape index (κ1) is 16.3. The summed E-state index contributed by atoms with van der Waals surface area (Å²) in [5, 5.41) is 20.5. The lowest BCUT2D eigenvalue weighted by Crippen LogP contribution is -1.84. The Morgan fingerprint density at radius 3 is 2.00 bits per heavy atom. The van der Waals surface area contributed by atoms with Gasteiger partial charge in [-0.05, 0) is 59.5 Å². The number of hydrogen-bond acceptors (Lipinski definition) is 2. The number of para-hydroxylation sites is 1. The van der Waals surface area contributed by atoms with Crippen molar-refractivity contribution in [2.75, 3.05) is 0 Å². The quantitative estimate of drug-likeness (QED) is 0.434. The predicted molar refractivity (Wildman–Crippen MR) is 106 cm³/mol. The van der Waals surface area contributed by atoms with Gasteiger partial charge in [-0.1, -0.05) is 43.7 Å². The van der Waals surface area contributed by atoms with Crippen molar-refractivity contribution in [3.63, 3.8) is 0 Å². The lowest BCUT2D eigenvalue weighted by molar-refractivity contribution is 0.475. The third kappa shape index (κ3) is 2.82. The van der Waals surface area contributed by atoms with Gasteiger partial charge >= 0.3 is 0 Å². The maximum atomic E-state index is 9.66. The minimum atomic E-state index is 0.253. The monoisotopic (exact) mass is 343 g/mol.